The maximum absolute atomic E-state index is 12.8. The number of nitrogens with zero attached hydrogens (tertiary/aromatic N) is 4. The molecule has 0 aliphatic heterocycles. The molecule has 0 aliphatic carbocycles. The summed E-state index contributed by atoms with van der Waals surface area (Å²) in [6, 6.07) is 19.8. The van der Waals surface area contributed by atoms with Gasteiger partial charge in [-0.1, -0.05) is 67.2 Å². The van der Waals surface area contributed by atoms with Gasteiger partial charge in [-0.2, -0.15) is 0 Å². The largest absolute Gasteiger partial charge is 0.453 e. The van der Waals surface area contributed by atoms with Crippen LogP contribution in [0.1, 0.15) is 41.3 Å². The Labute approximate surface area is 186 Å². The molecule has 0 saturated heterocycles. The molecule has 0 unspecified atom stereocenters. The van der Waals surface area contributed by atoms with E-state index < -0.39 is 0 Å². The van der Waals surface area contributed by atoms with Crippen LogP contribution in [0.3, 0.4) is 0 Å². The first-order valence-corrected chi connectivity index (χ1v) is 11.3. The predicted octanol–water partition coefficient (Wildman–Crippen LogP) is 5.06. The Morgan fingerprint density at radius 2 is 1.84 bits per heavy atom. The van der Waals surface area contributed by atoms with E-state index in [1.807, 2.05) is 56.6 Å². The van der Waals surface area contributed by atoms with Crippen LogP contribution in [0.4, 0.5) is 0 Å². The van der Waals surface area contributed by atoms with Crippen molar-refractivity contribution in [2.75, 3.05) is 19.8 Å². The second-order valence-electron chi connectivity index (χ2n) is 7.66. The number of hydrogen-bond acceptors (Lipinski definition) is 6. The molecule has 160 valence electrons. The Morgan fingerprint density at radius 3 is 2.55 bits per heavy atom. The monoisotopic (exact) mass is 434 g/mol. The second-order valence-corrected chi connectivity index (χ2v) is 8.60. The van der Waals surface area contributed by atoms with Crippen LogP contribution in [-0.2, 0) is 6.54 Å². The lowest BCUT2D eigenvalue weighted by molar-refractivity contribution is 0.0994. The average Bonchev–Trinajstić information content (AvgIpc) is 3.38. The average molecular weight is 435 g/mol. The van der Waals surface area contributed by atoms with E-state index in [9.17, 15) is 4.79 Å². The van der Waals surface area contributed by atoms with Crippen LogP contribution in [0.5, 0.6) is 0 Å². The predicted molar refractivity (Wildman–Crippen MR) is 124 cm³/mol. The van der Waals surface area contributed by atoms with Crippen molar-refractivity contribution in [1.82, 2.24) is 19.7 Å². The molecule has 0 saturated carbocycles. The molecule has 4 aromatic rings. The third-order valence-electron chi connectivity index (χ3n) is 5.27. The molecule has 0 amide bonds. The van der Waals surface area contributed by atoms with E-state index in [-0.39, 0.29) is 17.6 Å². The van der Waals surface area contributed by atoms with Crippen LogP contribution >= 0.6 is 11.8 Å². The maximum atomic E-state index is 12.8. The van der Waals surface area contributed by atoms with Crippen LogP contribution in [-0.4, -0.2) is 45.3 Å². The Bertz CT molecular complexity index is 1130. The summed E-state index contributed by atoms with van der Waals surface area (Å²) in [4.78, 5) is 14.9. The summed E-state index contributed by atoms with van der Waals surface area (Å²) in [6.07, 6.45) is 0.919. The quantitative estimate of drug-likeness (QED) is 0.271. The van der Waals surface area contributed by atoms with Gasteiger partial charge in [0.15, 0.2) is 16.7 Å². The summed E-state index contributed by atoms with van der Waals surface area (Å²) in [5.41, 5.74) is 1.89. The van der Waals surface area contributed by atoms with Crippen molar-refractivity contribution in [3.8, 4) is 0 Å². The van der Waals surface area contributed by atoms with Crippen molar-refractivity contribution >= 4 is 28.5 Å². The number of rotatable bonds is 9. The Morgan fingerprint density at radius 1 is 1.10 bits per heavy atom. The first-order chi connectivity index (χ1) is 15.1. The van der Waals surface area contributed by atoms with Crippen molar-refractivity contribution in [3.63, 3.8) is 0 Å². The molecule has 7 heteroatoms. The lowest BCUT2D eigenvalue weighted by atomic mass is 10.2. The van der Waals surface area contributed by atoms with E-state index in [1.54, 1.807) is 6.07 Å². The zero-order valence-electron chi connectivity index (χ0n) is 18.0. The molecule has 0 aliphatic rings. The van der Waals surface area contributed by atoms with Gasteiger partial charge in [0.1, 0.15) is 5.58 Å². The molecule has 0 radical (unpaired) electrons. The van der Waals surface area contributed by atoms with Crippen LogP contribution in [0, 0.1) is 0 Å². The molecular weight excluding hydrogens is 408 g/mol. The van der Waals surface area contributed by atoms with Crippen molar-refractivity contribution in [2.24, 2.45) is 0 Å². The van der Waals surface area contributed by atoms with Gasteiger partial charge in [0.05, 0.1) is 18.3 Å². The summed E-state index contributed by atoms with van der Waals surface area (Å²) in [5, 5.41) is 10.6. The first-order valence-electron chi connectivity index (χ1n) is 10.3. The number of furan rings is 1. The number of para-hydroxylation sites is 1. The number of aromatic nitrogens is 3. The SMILES string of the molecule is CC[C@H](c1nnc(SCC(=O)c2cc3ccccc3o2)n1Cc1ccccc1)N(C)C. The zero-order valence-corrected chi connectivity index (χ0v) is 18.8. The smallest absolute Gasteiger partial charge is 0.208 e. The number of hydrogen-bond donors (Lipinski definition) is 0. The molecule has 4 rings (SSSR count). The van der Waals surface area contributed by atoms with E-state index in [0.29, 0.717) is 12.3 Å². The van der Waals surface area contributed by atoms with Gasteiger partial charge in [0, 0.05) is 5.39 Å². The fourth-order valence-electron chi connectivity index (χ4n) is 3.67. The Kier molecular flexibility index (Phi) is 6.53. The lowest BCUT2D eigenvalue weighted by Crippen LogP contribution is -2.23. The second kappa shape index (κ2) is 9.49. The third-order valence-corrected chi connectivity index (χ3v) is 6.24. The van der Waals surface area contributed by atoms with Gasteiger partial charge in [-0.3, -0.25) is 9.69 Å². The number of ketones is 1. The normalized spacial score (nSPS) is 12.5. The van der Waals surface area contributed by atoms with Crippen molar-refractivity contribution in [3.05, 3.63) is 77.8 Å². The van der Waals surface area contributed by atoms with E-state index in [1.165, 1.54) is 17.3 Å². The van der Waals surface area contributed by atoms with Crippen molar-refractivity contribution < 1.29 is 9.21 Å². The number of carbonyl (C=O) groups is 1. The number of Topliss-reactive ketones (excluding diaryl/α,β-unsaturated/α-hetero) is 1. The highest BCUT2D eigenvalue weighted by atomic mass is 32.2. The van der Waals surface area contributed by atoms with Gasteiger partial charge in [-0.25, -0.2) is 0 Å². The number of carbonyl (C=O) groups excluding carboxylic acids is 1. The van der Waals surface area contributed by atoms with Crippen LogP contribution < -0.4 is 0 Å². The van der Waals surface area contributed by atoms with Gasteiger partial charge in [0.25, 0.3) is 0 Å². The minimum absolute atomic E-state index is 0.0586. The molecule has 2 heterocycles. The minimum Gasteiger partial charge on any atom is -0.453 e. The molecule has 1 atom stereocenters. The van der Waals surface area contributed by atoms with E-state index in [0.717, 1.165) is 28.4 Å². The summed E-state index contributed by atoms with van der Waals surface area (Å²) in [6.45, 7) is 2.80. The fraction of sp³-hybridized carbons (Fsp3) is 0.292. The Balaban J connectivity index is 1.58. The number of benzene rings is 2. The van der Waals surface area contributed by atoms with Crippen LogP contribution in [0.15, 0.2) is 70.2 Å². The molecule has 0 N–H and O–H groups in total. The zero-order chi connectivity index (χ0) is 21.8. The maximum Gasteiger partial charge on any atom is 0.208 e. The van der Waals surface area contributed by atoms with E-state index in [4.69, 9.17) is 4.42 Å². The molecule has 0 bridgehead atoms. The van der Waals surface area contributed by atoms with E-state index >= 15 is 0 Å². The molecular formula is C24H26N4O2S. The minimum atomic E-state index is -0.0586. The van der Waals surface area contributed by atoms with Gasteiger partial charge in [0.2, 0.25) is 5.78 Å². The van der Waals surface area contributed by atoms with Gasteiger partial charge in [-0.05, 0) is 38.2 Å². The van der Waals surface area contributed by atoms with Gasteiger partial charge in [-0.15, -0.1) is 10.2 Å². The van der Waals surface area contributed by atoms with Crippen LogP contribution in [0.2, 0.25) is 0 Å². The molecule has 0 fully saturated rings. The molecule has 6 nitrogen and oxygen atoms in total. The lowest BCUT2D eigenvalue weighted by Gasteiger charge is -2.23. The fourth-order valence-corrected chi connectivity index (χ4v) is 4.48. The number of fused-ring (bicyclic) bond motifs is 1. The Hall–Kier alpha value is -2.90. The topological polar surface area (TPSA) is 64.2 Å². The first kappa shape index (κ1) is 21.3. The molecule has 2 aromatic carbocycles. The van der Waals surface area contributed by atoms with Crippen molar-refractivity contribution in [2.45, 2.75) is 31.1 Å². The molecule has 0 spiro atoms. The summed E-state index contributed by atoms with van der Waals surface area (Å²) >= 11 is 1.40. The van der Waals surface area contributed by atoms with Crippen LogP contribution in [0.25, 0.3) is 11.0 Å². The number of thioether (sulfide) groups is 1. The third kappa shape index (κ3) is 4.73. The summed E-state index contributed by atoms with van der Waals surface area (Å²) < 4.78 is 7.85. The highest BCUT2D eigenvalue weighted by molar-refractivity contribution is 7.99. The van der Waals surface area contributed by atoms with E-state index in [2.05, 4.69) is 38.7 Å². The van der Waals surface area contributed by atoms with Gasteiger partial charge < -0.3 is 8.98 Å². The highest BCUT2D eigenvalue weighted by Crippen LogP contribution is 2.27. The van der Waals surface area contributed by atoms with Crippen molar-refractivity contribution in [1.29, 1.82) is 0 Å². The summed E-state index contributed by atoms with van der Waals surface area (Å²) in [7, 11) is 4.10. The summed E-state index contributed by atoms with van der Waals surface area (Å²) in [5.74, 6) is 1.47. The molecule has 2 aromatic heterocycles. The standard InChI is InChI=1S/C24H26N4O2S/c1-4-19(27(2)3)23-25-26-24(28(23)15-17-10-6-5-7-11-17)31-16-20(29)22-14-18-12-8-9-13-21(18)30-22/h5-14,19H,4,15-16H2,1-3H3/t19-/m1/s1. The van der Waals surface area contributed by atoms with Gasteiger partial charge >= 0.3 is 0 Å². The highest BCUT2D eigenvalue weighted by Gasteiger charge is 2.23. The molecule has 31 heavy (non-hydrogen) atoms.